The summed E-state index contributed by atoms with van der Waals surface area (Å²) in [6.07, 6.45) is 6.04. The molecule has 2 heterocycles. The molecule has 2 fully saturated rings. The maximum Gasteiger partial charge on any atom is 0.240 e. The number of nitrogens with zero attached hydrogens (tertiary/aromatic N) is 1. The molecule has 25 heavy (non-hydrogen) atoms. The summed E-state index contributed by atoms with van der Waals surface area (Å²) in [4.78, 5) is 15.1. The fourth-order valence-electron chi connectivity index (χ4n) is 4.18. The summed E-state index contributed by atoms with van der Waals surface area (Å²) < 4.78 is 10.8. The highest BCUT2D eigenvalue weighted by Crippen LogP contribution is 2.30. The minimum Gasteiger partial charge on any atom is -0.497 e. The van der Waals surface area contributed by atoms with Gasteiger partial charge in [-0.1, -0.05) is 12.1 Å². The third kappa shape index (κ3) is 4.53. The van der Waals surface area contributed by atoms with Gasteiger partial charge in [0.25, 0.3) is 0 Å². The first-order chi connectivity index (χ1) is 12.2. The Balaban J connectivity index is 1.66. The second kappa shape index (κ2) is 8.68. The van der Waals surface area contributed by atoms with Crippen molar-refractivity contribution in [1.29, 1.82) is 0 Å². The molecule has 0 aliphatic carbocycles. The molecule has 0 radical (unpaired) electrons. The molecule has 2 N–H and O–H groups in total. The van der Waals surface area contributed by atoms with E-state index in [-0.39, 0.29) is 5.91 Å². The Hall–Kier alpha value is -1.59. The van der Waals surface area contributed by atoms with E-state index < -0.39 is 6.04 Å². The Kier molecular flexibility index (Phi) is 6.32. The van der Waals surface area contributed by atoms with Crippen molar-refractivity contribution in [2.75, 3.05) is 26.9 Å². The number of methoxy groups -OCH3 is 1. The van der Waals surface area contributed by atoms with Crippen LogP contribution in [0.15, 0.2) is 24.3 Å². The molecule has 5 heteroatoms. The second-order valence-electron chi connectivity index (χ2n) is 7.21. The van der Waals surface area contributed by atoms with Crippen molar-refractivity contribution in [1.82, 2.24) is 4.90 Å². The second-order valence-corrected chi connectivity index (χ2v) is 7.21. The largest absolute Gasteiger partial charge is 0.497 e. The molecule has 1 aromatic carbocycles. The zero-order valence-electron chi connectivity index (χ0n) is 15.2. The average molecular weight is 346 g/mol. The smallest absolute Gasteiger partial charge is 0.240 e. The fraction of sp³-hybridized carbons (Fsp3) is 0.650. The van der Waals surface area contributed by atoms with E-state index in [0.717, 1.165) is 56.8 Å². The summed E-state index contributed by atoms with van der Waals surface area (Å²) in [6, 6.07) is 7.65. The molecule has 0 spiro atoms. The van der Waals surface area contributed by atoms with E-state index >= 15 is 0 Å². The number of amides is 1. The molecule has 2 aliphatic rings. The van der Waals surface area contributed by atoms with E-state index in [1.807, 2.05) is 24.3 Å². The zero-order valence-corrected chi connectivity index (χ0v) is 15.2. The molecule has 2 atom stereocenters. The average Bonchev–Trinajstić information content (AvgIpc) is 2.68. The zero-order chi connectivity index (χ0) is 17.6. The lowest BCUT2D eigenvalue weighted by Crippen LogP contribution is -2.54. The van der Waals surface area contributed by atoms with E-state index in [1.165, 1.54) is 6.42 Å². The lowest BCUT2D eigenvalue weighted by Gasteiger charge is -2.42. The highest BCUT2D eigenvalue weighted by Gasteiger charge is 2.35. The number of nitrogens with two attached hydrogens (primary N) is 1. The van der Waals surface area contributed by atoms with Gasteiger partial charge in [-0.25, -0.2) is 0 Å². The molecule has 5 nitrogen and oxygen atoms in total. The van der Waals surface area contributed by atoms with Crippen molar-refractivity contribution in [2.24, 2.45) is 11.7 Å². The number of benzene rings is 1. The Morgan fingerprint density at radius 2 is 2.12 bits per heavy atom. The number of likely N-dealkylation sites (tertiary alicyclic amines) is 1. The van der Waals surface area contributed by atoms with Crippen molar-refractivity contribution >= 4 is 5.91 Å². The summed E-state index contributed by atoms with van der Waals surface area (Å²) in [5, 5.41) is 0. The number of carbonyl (C=O) groups excluding carboxylic acids is 1. The monoisotopic (exact) mass is 346 g/mol. The summed E-state index contributed by atoms with van der Waals surface area (Å²) >= 11 is 0. The maximum atomic E-state index is 13.0. The molecule has 0 saturated carbocycles. The quantitative estimate of drug-likeness (QED) is 0.889. The normalized spacial score (nSPS) is 23.3. The molecule has 138 valence electrons. The number of hydrogen-bond acceptors (Lipinski definition) is 4. The van der Waals surface area contributed by atoms with Gasteiger partial charge < -0.3 is 20.1 Å². The van der Waals surface area contributed by atoms with Crippen LogP contribution in [0, 0.1) is 5.92 Å². The van der Waals surface area contributed by atoms with Crippen LogP contribution in [0.2, 0.25) is 0 Å². The van der Waals surface area contributed by atoms with Crippen LogP contribution in [-0.4, -0.2) is 49.8 Å². The number of rotatable bonds is 5. The van der Waals surface area contributed by atoms with Crippen LogP contribution >= 0.6 is 0 Å². The van der Waals surface area contributed by atoms with Gasteiger partial charge in [-0.2, -0.15) is 0 Å². The van der Waals surface area contributed by atoms with Crippen molar-refractivity contribution < 1.29 is 14.3 Å². The van der Waals surface area contributed by atoms with Gasteiger partial charge in [0.05, 0.1) is 13.2 Å². The summed E-state index contributed by atoms with van der Waals surface area (Å²) in [5.74, 6) is 1.45. The fourth-order valence-corrected chi connectivity index (χ4v) is 4.18. The van der Waals surface area contributed by atoms with Gasteiger partial charge in [-0.05, 0) is 62.1 Å². The third-order valence-corrected chi connectivity index (χ3v) is 5.55. The summed E-state index contributed by atoms with van der Waals surface area (Å²) in [6.45, 7) is 2.48. The van der Waals surface area contributed by atoms with Gasteiger partial charge in [0.1, 0.15) is 5.75 Å². The molecule has 2 saturated heterocycles. The van der Waals surface area contributed by atoms with Crippen molar-refractivity contribution in [2.45, 2.75) is 50.6 Å². The van der Waals surface area contributed by atoms with Gasteiger partial charge in [0.2, 0.25) is 5.91 Å². The SMILES string of the molecule is COc1cccc(CC(N)C(=O)N2CCCCC2C2CCOCC2)c1. The molecular weight excluding hydrogens is 316 g/mol. The van der Waals surface area contributed by atoms with Crippen LogP contribution in [0.25, 0.3) is 0 Å². The number of hydrogen-bond donors (Lipinski definition) is 1. The topological polar surface area (TPSA) is 64.8 Å². The van der Waals surface area contributed by atoms with E-state index in [4.69, 9.17) is 15.2 Å². The molecule has 2 aliphatic heterocycles. The predicted octanol–water partition coefficient (Wildman–Crippen LogP) is 2.37. The van der Waals surface area contributed by atoms with Crippen molar-refractivity contribution in [3.8, 4) is 5.75 Å². The predicted molar refractivity (Wildman–Crippen MR) is 97.6 cm³/mol. The van der Waals surface area contributed by atoms with E-state index in [2.05, 4.69) is 4.90 Å². The third-order valence-electron chi connectivity index (χ3n) is 5.55. The van der Waals surface area contributed by atoms with E-state index in [9.17, 15) is 4.79 Å². The van der Waals surface area contributed by atoms with Crippen LogP contribution in [0.3, 0.4) is 0 Å². The minimum atomic E-state index is -0.493. The van der Waals surface area contributed by atoms with Crippen LogP contribution in [0.4, 0.5) is 0 Å². The summed E-state index contributed by atoms with van der Waals surface area (Å²) in [7, 11) is 1.65. The Labute approximate surface area is 150 Å². The van der Waals surface area contributed by atoms with Crippen molar-refractivity contribution in [3.05, 3.63) is 29.8 Å². The molecule has 1 aromatic rings. The number of piperidine rings is 1. The maximum absolute atomic E-state index is 13.0. The lowest BCUT2D eigenvalue weighted by molar-refractivity contribution is -0.138. The Morgan fingerprint density at radius 3 is 2.88 bits per heavy atom. The van der Waals surface area contributed by atoms with Gasteiger partial charge in [-0.3, -0.25) is 4.79 Å². The van der Waals surface area contributed by atoms with Crippen molar-refractivity contribution in [3.63, 3.8) is 0 Å². The standard InChI is InChI=1S/C20H30N2O3/c1-24-17-6-4-5-15(13-17)14-18(21)20(23)22-10-3-2-7-19(22)16-8-11-25-12-9-16/h4-6,13,16,18-19H,2-3,7-12,14,21H2,1H3. The van der Waals surface area contributed by atoms with Gasteiger partial charge in [-0.15, -0.1) is 0 Å². The molecule has 1 amide bonds. The van der Waals surface area contributed by atoms with Crippen LogP contribution in [0.5, 0.6) is 5.75 Å². The highest BCUT2D eigenvalue weighted by molar-refractivity contribution is 5.82. The van der Waals surface area contributed by atoms with Gasteiger partial charge in [0.15, 0.2) is 0 Å². The Morgan fingerprint density at radius 1 is 1.32 bits per heavy atom. The summed E-state index contributed by atoms with van der Waals surface area (Å²) in [5.41, 5.74) is 7.35. The first-order valence-electron chi connectivity index (χ1n) is 9.46. The van der Waals surface area contributed by atoms with Crippen LogP contribution < -0.4 is 10.5 Å². The Bertz CT molecular complexity index is 572. The van der Waals surface area contributed by atoms with E-state index in [1.54, 1.807) is 7.11 Å². The molecule has 2 unspecified atom stereocenters. The highest BCUT2D eigenvalue weighted by atomic mass is 16.5. The van der Waals surface area contributed by atoms with Gasteiger partial charge >= 0.3 is 0 Å². The lowest BCUT2D eigenvalue weighted by atomic mass is 9.84. The van der Waals surface area contributed by atoms with Crippen LogP contribution in [-0.2, 0) is 16.0 Å². The molecule has 0 bridgehead atoms. The van der Waals surface area contributed by atoms with Gasteiger partial charge in [0, 0.05) is 25.8 Å². The molecule has 0 aromatic heterocycles. The first-order valence-corrected chi connectivity index (χ1v) is 9.46. The molecule has 3 rings (SSSR count). The molecular formula is C20H30N2O3. The van der Waals surface area contributed by atoms with E-state index in [0.29, 0.717) is 18.4 Å². The van der Waals surface area contributed by atoms with Crippen LogP contribution in [0.1, 0.15) is 37.7 Å². The number of carbonyl (C=O) groups is 1. The minimum absolute atomic E-state index is 0.0963. The number of ether oxygens (including phenoxy) is 2. The first kappa shape index (κ1) is 18.2.